The van der Waals surface area contributed by atoms with Crippen LogP contribution in [0.1, 0.15) is 5.56 Å². The fourth-order valence-corrected chi connectivity index (χ4v) is 3.22. The van der Waals surface area contributed by atoms with Crippen LogP contribution in [0.25, 0.3) is 0 Å². The van der Waals surface area contributed by atoms with Crippen LogP contribution in [0.4, 0.5) is 4.39 Å². The third kappa shape index (κ3) is 6.22. The molecule has 6 nitrogen and oxygen atoms in total. The topological polar surface area (TPSA) is 85.2 Å². The molecule has 1 heterocycles. The second-order valence-corrected chi connectivity index (χ2v) is 6.48. The van der Waals surface area contributed by atoms with Gasteiger partial charge in [0.1, 0.15) is 10.7 Å². The number of benzene rings is 1. The van der Waals surface area contributed by atoms with Crippen LogP contribution in [0.5, 0.6) is 0 Å². The van der Waals surface area contributed by atoms with Gasteiger partial charge in [-0.2, -0.15) is 5.26 Å². The van der Waals surface area contributed by atoms with Crippen molar-refractivity contribution in [1.82, 2.24) is 14.9 Å². The zero-order valence-electron chi connectivity index (χ0n) is 12.3. The molecule has 2 rings (SSSR count). The summed E-state index contributed by atoms with van der Waals surface area (Å²) >= 11 is 0. The summed E-state index contributed by atoms with van der Waals surface area (Å²) < 4.78 is 40.2. The third-order valence-corrected chi connectivity index (χ3v) is 4.77. The lowest BCUT2D eigenvalue weighted by molar-refractivity contribution is 0.245. The van der Waals surface area contributed by atoms with E-state index in [1.807, 2.05) is 0 Å². The number of halogens is 3. The molecule has 0 amide bonds. The summed E-state index contributed by atoms with van der Waals surface area (Å²) in [6.45, 7) is 4.31. The first kappa shape index (κ1) is 22.1. The van der Waals surface area contributed by atoms with Crippen molar-refractivity contribution in [2.45, 2.75) is 4.90 Å². The number of sulfonamides is 1. The first-order chi connectivity index (χ1) is 10.0. The maximum absolute atomic E-state index is 13.7. The molecule has 0 aliphatic carbocycles. The number of nitriles is 1. The van der Waals surface area contributed by atoms with Gasteiger partial charge in [0.2, 0.25) is 10.0 Å². The van der Waals surface area contributed by atoms with Gasteiger partial charge in [-0.25, -0.2) is 17.5 Å². The Balaban J connectivity index is 0.00000242. The van der Waals surface area contributed by atoms with E-state index in [9.17, 15) is 12.8 Å². The highest BCUT2D eigenvalue weighted by Crippen LogP contribution is 2.15. The van der Waals surface area contributed by atoms with Crippen LogP contribution < -0.4 is 10.0 Å². The van der Waals surface area contributed by atoms with Crippen LogP contribution in [0.2, 0.25) is 0 Å². The van der Waals surface area contributed by atoms with Gasteiger partial charge in [-0.1, -0.05) is 0 Å². The molecular weight excluding hydrogens is 366 g/mol. The van der Waals surface area contributed by atoms with Crippen LogP contribution in [0, 0.1) is 17.1 Å². The van der Waals surface area contributed by atoms with Crippen molar-refractivity contribution in [3.05, 3.63) is 29.6 Å². The fourth-order valence-electron chi connectivity index (χ4n) is 2.14. The molecular formula is C13H19Cl2FN4O2S. The van der Waals surface area contributed by atoms with E-state index in [4.69, 9.17) is 5.26 Å². The second-order valence-electron chi connectivity index (χ2n) is 4.75. The number of piperazine rings is 1. The molecule has 1 aliphatic rings. The van der Waals surface area contributed by atoms with E-state index < -0.39 is 20.7 Å². The van der Waals surface area contributed by atoms with E-state index in [1.54, 1.807) is 6.07 Å². The Kier molecular flexibility index (Phi) is 9.61. The Morgan fingerprint density at radius 2 is 1.96 bits per heavy atom. The average Bonchev–Trinajstić information content (AvgIpc) is 2.47. The van der Waals surface area contributed by atoms with E-state index in [-0.39, 0.29) is 36.9 Å². The normalized spacial score (nSPS) is 15.1. The molecule has 1 saturated heterocycles. The zero-order valence-corrected chi connectivity index (χ0v) is 14.7. The van der Waals surface area contributed by atoms with E-state index >= 15 is 0 Å². The molecule has 0 aromatic heterocycles. The summed E-state index contributed by atoms with van der Waals surface area (Å²) in [5, 5.41) is 11.9. The lowest BCUT2D eigenvalue weighted by atomic mass is 10.2. The van der Waals surface area contributed by atoms with Crippen LogP contribution in [0.15, 0.2) is 23.1 Å². The van der Waals surface area contributed by atoms with Crippen LogP contribution in [0.3, 0.4) is 0 Å². The Labute approximate surface area is 147 Å². The minimum atomic E-state index is -3.89. The van der Waals surface area contributed by atoms with Crippen molar-refractivity contribution in [3.63, 3.8) is 0 Å². The number of hydrogen-bond donors (Lipinski definition) is 2. The quantitative estimate of drug-likeness (QED) is 0.781. The van der Waals surface area contributed by atoms with Gasteiger partial charge >= 0.3 is 0 Å². The van der Waals surface area contributed by atoms with E-state index in [1.165, 1.54) is 6.07 Å². The first-order valence-electron chi connectivity index (χ1n) is 6.65. The molecule has 0 unspecified atom stereocenters. The molecule has 0 saturated carbocycles. The second kappa shape index (κ2) is 10.0. The van der Waals surface area contributed by atoms with Crippen molar-refractivity contribution in [1.29, 1.82) is 5.26 Å². The zero-order chi connectivity index (χ0) is 15.3. The molecule has 0 atom stereocenters. The lowest BCUT2D eigenvalue weighted by Crippen LogP contribution is -2.46. The highest BCUT2D eigenvalue weighted by molar-refractivity contribution is 7.89. The van der Waals surface area contributed by atoms with E-state index in [2.05, 4.69) is 14.9 Å². The van der Waals surface area contributed by atoms with E-state index in [0.717, 1.165) is 38.3 Å². The van der Waals surface area contributed by atoms with Gasteiger partial charge in [0.25, 0.3) is 0 Å². The maximum Gasteiger partial charge on any atom is 0.243 e. The van der Waals surface area contributed by atoms with Crippen molar-refractivity contribution in [2.24, 2.45) is 0 Å². The van der Waals surface area contributed by atoms with Gasteiger partial charge in [-0.3, -0.25) is 4.90 Å². The van der Waals surface area contributed by atoms with Crippen LogP contribution in [-0.2, 0) is 10.0 Å². The fraction of sp³-hybridized carbons (Fsp3) is 0.462. The molecule has 0 spiro atoms. The van der Waals surface area contributed by atoms with Crippen molar-refractivity contribution in [3.8, 4) is 6.07 Å². The number of nitrogens with zero attached hydrogens (tertiary/aromatic N) is 2. The Morgan fingerprint density at radius 3 is 2.52 bits per heavy atom. The summed E-state index contributed by atoms with van der Waals surface area (Å²) in [5.41, 5.74) is 0.0901. The maximum atomic E-state index is 13.7. The van der Waals surface area contributed by atoms with Crippen LogP contribution >= 0.6 is 24.8 Å². The van der Waals surface area contributed by atoms with Gasteiger partial charge in [-0.05, 0) is 18.2 Å². The Morgan fingerprint density at radius 1 is 1.30 bits per heavy atom. The van der Waals surface area contributed by atoms with Gasteiger partial charge in [0, 0.05) is 39.3 Å². The summed E-state index contributed by atoms with van der Waals surface area (Å²) in [4.78, 5) is 1.70. The number of nitrogens with one attached hydrogen (secondary N) is 2. The summed E-state index contributed by atoms with van der Waals surface area (Å²) in [6.07, 6.45) is 0. The molecule has 1 aromatic carbocycles. The molecule has 2 N–H and O–H groups in total. The summed E-state index contributed by atoms with van der Waals surface area (Å²) in [7, 11) is -3.89. The minimum absolute atomic E-state index is 0. The largest absolute Gasteiger partial charge is 0.314 e. The van der Waals surface area contributed by atoms with Gasteiger partial charge < -0.3 is 5.32 Å². The van der Waals surface area contributed by atoms with Gasteiger partial charge in [0.05, 0.1) is 11.6 Å². The van der Waals surface area contributed by atoms with Crippen molar-refractivity contribution < 1.29 is 12.8 Å². The molecule has 23 heavy (non-hydrogen) atoms. The smallest absolute Gasteiger partial charge is 0.243 e. The highest BCUT2D eigenvalue weighted by Gasteiger charge is 2.19. The lowest BCUT2D eigenvalue weighted by Gasteiger charge is -2.27. The Bertz CT molecular complexity index is 646. The van der Waals surface area contributed by atoms with E-state index in [0.29, 0.717) is 6.54 Å². The van der Waals surface area contributed by atoms with Crippen LogP contribution in [-0.4, -0.2) is 52.6 Å². The minimum Gasteiger partial charge on any atom is -0.314 e. The Hall–Kier alpha value is -0.950. The van der Waals surface area contributed by atoms with Crippen molar-refractivity contribution >= 4 is 34.8 Å². The molecule has 1 fully saturated rings. The highest BCUT2D eigenvalue weighted by atomic mass is 35.5. The SMILES string of the molecule is Cl.Cl.N#Cc1ccc(S(=O)(=O)NCCN2CCNCC2)c(F)c1. The average molecular weight is 385 g/mol. The summed E-state index contributed by atoms with van der Waals surface area (Å²) in [5.74, 6) is -0.913. The monoisotopic (exact) mass is 384 g/mol. The predicted molar refractivity (Wildman–Crippen MR) is 90.1 cm³/mol. The number of rotatable bonds is 5. The standard InChI is InChI=1S/C13H17FN4O2S.2ClH/c14-12-9-11(10-15)1-2-13(12)21(19,20)17-5-8-18-6-3-16-4-7-18;;/h1-2,9,16-17H,3-8H2;2*1H. The van der Waals surface area contributed by atoms with Gasteiger partial charge in [-0.15, -0.1) is 24.8 Å². The molecule has 130 valence electrons. The third-order valence-electron chi connectivity index (χ3n) is 3.28. The van der Waals surface area contributed by atoms with Crippen molar-refractivity contribution in [2.75, 3.05) is 39.3 Å². The molecule has 0 bridgehead atoms. The van der Waals surface area contributed by atoms with Gasteiger partial charge in [0.15, 0.2) is 0 Å². The molecule has 1 aromatic rings. The molecule has 0 radical (unpaired) electrons. The molecule has 1 aliphatic heterocycles. The summed E-state index contributed by atoms with van der Waals surface area (Å²) in [6, 6.07) is 5.08. The first-order valence-corrected chi connectivity index (χ1v) is 8.13. The predicted octanol–water partition coefficient (Wildman–Crippen LogP) is 0.724. The number of hydrogen-bond acceptors (Lipinski definition) is 5. The molecule has 10 heteroatoms.